The molecule has 0 aliphatic heterocycles. The summed E-state index contributed by atoms with van der Waals surface area (Å²) in [6, 6.07) is 0.361. The van der Waals surface area contributed by atoms with E-state index in [1.165, 1.54) is 0 Å². The lowest BCUT2D eigenvalue weighted by molar-refractivity contribution is -0.143. The van der Waals surface area contributed by atoms with Crippen LogP contribution in [0.25, 0.3) is 0 Å². The van der Waals surface area contributed by atoms with E-state index >= 15 is 0 Å². The van der Waals surface area contributed by atoms with Crippen LogP contribution in [0.5, 0.6) is 0 Å². The van der Waals surface area contributed by atoms with Crippen molar-refractivity contribution in [2.45, 2.75) is 17.2 Å². The molecule has 2 aromatic rings. The molecule has 0 bridgehead atoms. The third-order valence-corrected chi connectivity index (χ3v) is 4.13. The Kier molecular flexibility index (Phi) is 4.55. The number of nitrogens with one attached hydrogen (secondary N) is 1. The van der Waals surface area contributed by atoms with E-state index in [-0.39, 0.29) is 24.1 Å². The van der Waals surface area contributed by atoms with Crippen LogP contribution in [0.15, 0.2) is 35.5 Å². The summed E-state index contributed by atoms with van der Waals surface area (Å²) in [5, 5.41) is 0. The third-order valence-electron chi connectivity index (χ3n) is 2.80. The van der Waals surface area contributed by atoms with Gasteiger partial charge in [0.25, 0.3) is 10.0 Å². The molecule has 0 fully saturated rings. The molecule has 1 aromatic carbocycles. The van der Waals surface area contributed by atoms with Crippen LogP contribution in [0, 0.1) is 0 Å². The number of hydrogen-bond acceptors (Lipinski definition) is 5. The average molecular weight is 386 g/mol. The summed E-state index contributed by atoms with van der Waals surface area (Å²) in [5.41, 5.74) is 0.935. The lowest BCUT2D eigenvalue weighted by atomic mass is 10.1. The van der Waals surface area contributed by atoms with E-state index in [0.717, 1.165) is 12.4 Å². The van der Waals surface area contributed by atoms with Gasteiger partial charge in [-0.1, -0.05) is 0 Å². The molecule has 0 amide bonds. The van der Waals surface area contributed by atoms with Crippen LogP contribution in [0.3, 0.4) is 0 Å². The molecule has 0 spiro atoms. The fourth-order valence-corrected chi connectivity index (χ4v) is 2.62. The quantitative estimate of drug-likeness (QED) is 0.791. The van der Waals surface area contributed by atoms with Crippen LogP contribution < -0.4 is 10.5 Å². The Labute approximate surface area is 136 Å². The van der Waals surface area contributed by atoms with Crippen LogP contribution in [-0.4, -0.2) is 18.4 Å². The van der Waals surface area contributed by atoms with Gasteiger partial charge in [-0.25, -0.2) is 18.4 Å². The number of alkyl halides is 6. The maximum atomic E-state index is 12.8. The molecule has 1 heterocycles. The molecule has 0 saturated heterocycles. The molecule has 13 heteroatoms. The number of rotatable bonds is 3. The van der Waals surface area contributed by atoms with Crippen molar-refractivity contribution < 1.29 is 34.8 Å². The normalized spacial score (nSPS) is 12.9. The Hall–Kier alpha value is -2.57. The summed E-state index contributed by atoms with van der Waals surface area (Å²) in [4.78, 5) is 6.19. The summed E-state index contributed by atoms with van der Waals surface area (Å²) in [6.45, 7) is 0. The lowest BCUT2D eigenvalue weighted by Gasteiger charge is -2.15. The predicted molar refractivity (Wildman–Crippen MR) is 73.7 cm³/mol. The van der Waals surface area contributed by atoms with Crippen LogP contribution in [0.4, 0.5) is 38.0 Å². The molecular formula is C12H8F6N4O2S. The second-order valence-corrected chi connectivity index (χ2v) is 6.36. The first-order valence-corrected chi connectivity index (χ1v) is 7.67. The molecule has 25 heavy (non-hydrogen) atoms. The van der Waals surface area contributed by atoms with Gasteiger partial charge in [-0.05, 0) is 18.2 Å². The van der Waals surface area contributed by atoms with Crippen molar-refractivity contribution in [3.63, 3.8) is 0 Å². The standard InChI is InChI=1S/C12H8F6N4O2S/c13-11(14,15)6-1-7(12(16,17)18)3-8(2-6)22-25(23,24)9-4-20-10(19)21-5-9/h1-5,22H,(H2,19,20,21). The number of nitrogens with two attached hydrogens (primary N) is 1. The summed E-state index contributed by atoms with van der Waals surface area (Å²) >= 11 is 0. The third kappa shape index (κ3) is 4.49. The molecule has 1 aromatic heterocycles. The van der Waals surface area contributed by atoms with Crippen molar-refractivity contribution >= 4 is 21.7 Å². The van der Waals surface area contributed by atoms with Crippen LogP contribution >= 0.6 is 0 Å². The Morgan fingerprint density at radius 3 is 1.72 bits per heavy atom. The summed E-state index contributed by atoms with van der Waals surface area (Å²) in [5.74, 6) is -0.266. The molecule has 3 N–H and O–H groups in total. The minimum Gasteiger partial charge on any atom is -0.368 e. The first kappa shape index (κ1) is 18.8. The zero-order valence-electron chi connectivity index (χ0n) is 11.9. The number of sulfonamides is 1. The van der Waals surface area contributed by atoms with Gasteiger partial charge in [0.1, 0.15) is 4.90 Å². The first-order chi connectivity index (χ1) is 11.3. The highest BCUT2D eigenvalue weighted by Crippen LogP contribution is 2.37. The number of aromatic nitrogens is 2. The largest absolute Gasteiger partial charge is 0.416 e. The Bertz CT molecular complexity index is 846. The smallest absolute Gasteiger partial charge is 0.368 e. The summed E-state index contributed by atoms with van der Waals surface area (Å²) in [7, 11) is -4.52. The van der Waals surface area contributed by atoms with Gasteiger partial charge in [-0.2, -0.15) is 26.3 Å². The predicted octanol–water partition coefficient (Wildman–Crippen LogP) is 2.90. The fourth-order valence-electron chi connectivity index (χ4n) is 1.69. The van der Waals surface area contributed by atoms with Crippen molar-refractivity contribution in [3.8, 4) is 0 Å². The van der Waals surface area contributed by atoms with Crippen molar-refractivity contribution in [3.05, 3.63) is 41.7 Å². The zero-order valence-corrected chi connectivity index (χ0v) is 12.7. The number of anilines is 2. The first-order valence-electron chi connectivity index (χ1n) is 6.19. The number of nitrogen functional groups attached to an aromatic ring is 1. The van der Waals surface area contributed by atoms with Gasteiger partial charge in [0, 0.05) is 0 Å². The molecule has 0 aliphatic carbocycles. The van der Waals surface area contributed by atoms with E-state index in [2.05, 4.69) is 9.97 Å². The molecule has 0 unspecified atom stereocenters. The van der Waals surface area contributed by atoms with Gasteiger partial charge < -0.3 is 5.73 Å². The molecule has 0 aliphatic rings. The van der Waals surface area contributed by atoms with Gasteiger partial charge in [0.15, 0.2) is 0 Å². The summed E-state index contributed by atoms with van der Waals surface area (Å²) < 4.78 is 102. The van der Waals surface area contributed by atoms with Crippen molar-refractivity contribution in [1.82, 2.24) is 9.97 Å². The van der Waals surface area contributed by atoms with E-state index in [1.807, 2.05) is 0 Å². The van der Waals surface area contributed by atoms with Crippen LogP contribution in [0.1, 0.15) is 11.1 Å². The average Bonchev–Trinajstić information content (AvgIpc) is 2.45. The molecule has 0 saturated carbocycles. The molecular weight excluding hydrogens is 378 g/mol. The van der Waals surface area contributed by atoms with Crippen molar-refractivity contribution in [2.75, 3.05) is 10.5 Å². The highest BCUT2D eigenvalue weighted by molar-refractivity contribution is 7.92. The molecule has 2 rings (SSSR count). The van der Waals surface area contributed by atoms with Crippen molar-refractivity contribution in [2.24, 2.45) is 0 Å². The minimum absolute atomic E-state index is 0.121. The monoisotopic (exact) mass is 386 g/mol. The van der Waals surface area contributed by atoms with Gasteiger partial charge in [0.05, 0.1) is 29.2 Å². The van der Waals surface area contributed by atoms with Gasteiger partial charge in [-0.3, -0.25) is 4.72 Å². The van der Waals surface area contributed by atoms with E-state index in [0.29, 0.717) is 0 Å². The zero-order chi connectivity index (χ0) is 19.0. The second kappa shape index (κ2) is 6.06. The van der Waals surface area contributed by atoms with Gasteiger partial charge in [-0.15, -0.1) is 0 Å². The van der Waals surface area contributed by atoms with E-state index in [9.17, 15) is 34.8 Å². The maximum absolute atomic E-state index is 12.8. The lowest BCUT2D eigenvalue weighted by Crippen LogP contribution is -2.17. The number of nitrogens with zero attached hydrogens (tertiary/aromatic N) is 2. The minimum atomic E-state index is -5.11. The fraction of sp³-hybridized carbons (Fsp3) is 0.167. The van der Waals surface area contributed by atoms with E-state index in [1.54, 1.807) is 4.72 Å². The molecule has 6 nitrogen and oxygen atoms in total. The Balaban J connectivity index is 2.49. The number of benzene rings is 1. The summed E-state index contributed by atoms with van der Waals surface area (Å²) in [6.07, 6.45) is -8.70. The number of halogens is 6. The molecule has 0 atom stereocenters. The molecule has 136 valence electrons. The SMILES string of the molecule is Nc1ncc(S(=O)(=O)Nc2cc(C(F)(F)F)cc(C(F)(F)F)c2)cn1. The number of hydrogen-bond donors (Lipinski definition) is 2. The van der Waals surface area contributed by atoms with E-state index in [4.69, 9.17) is 5.73 Å². The van der Waals surface area contributed by atoms with Crippen molar-refractivity contribution in [1.29, 1.82) is 0 Å². The highest BCUT2D eigenvalue weighted by atomic mass is 32.2. The Morgan fingerprint density at radius 2 is 1.32 bits per heavy atom. The molecule has 0 radical (unpaired) electrons. The van der Waals surface area contributed by atoms with Crippen LogP contribution in [0.2, 0.25) is 0 Å². The highest BCUT2D eigenvalue weighted by Gasteiger charge is 2.37. The second-order valence-electron chi connectivity index (χ2n) is 4.68. The van der Waals surface area contributed by atoms with Gasteiger partial charge >= 0.3 is 12.4 Å². The maximum Gasteiger partial charge on any atom is 0.416 e. The van der Waals surface area contributed by atoms with Gasteiger partial charge in [0.2, 0.25) is 5.95 Å². The van der Waals surface area contributed by atoms with E-state index < -0.39 is 44.1 Å². The van der Waals surface area contributed by atoms with Crippen LogP contribution in [-0.2, 0) is 22.4 Å². The topological polar surface area (TPSA) is 98.0 Å². The Morgan fingerprint density at radius 1 is 0.880 bits per heavy atom.